The molecule has 1 aliphatic carbocycles. The summed E-state index contributed by atoms with van der Waals surface area (Å²) in [6, 6.07) is 8.38. The molecule has 0 spiro atoms. The first-order chi connectivity index (χ1) is 18.9. The van der Waals surface area contributed by atoms with Gasteiger partial charge in [0.2, 0.25) is 5.95 Å². The number of ether oxygens (including phenoxy) is 1. The van der Waals surface area contributed by atoms with Crippen LogP contribution < -0.4 is 11.1 Å². The van der Waals surface area contributed by atoms with Gasteiger partial charge in [-0.15, -0.1) is 0 Å². The molecule has 1 aliphatic heterocycles. The highest BCUT2D eigenvalue weighted by molar-refractivity contribution is 5.99. The van der Waals surface area contributed by atoms with Crippen LogP contribution in [0, 0.1) is 0 Å². The monoisotopic (exact) mass is 545 g/mol. The van der Waals surface area contributed by atoms with Crippen LogP contribution in [0.4, 0.5) is 10.7 Å². The number of nitrogens with zero attached hydrogens (tertiary/aromatic N) is 4. The van der Waals surface area contributed by atoms with Gasteiger partial charge in [0.25, 0.3) is 0 Å². The molecule has 4 N–H and O–H groups in total. The second kappa shape index (κ2) is 10.6. The van der Waals surface area contributed by atoms with E-state index in [-0.39, 0.29) is 35.7 Å². The van der Waals surface area contributed by atoms with Crippen LogP contribution in [0.5, 0.6) is 0 Å². The van der Waals surface area contributed by atoms with Crippen molar-refractivity contribution in [3.8, 4) is 11.4 Å². The molecule has 10 nitrogen and oxygen atoms in total. The summed E-state index contributed by atoms with van der Waals surface area (Å²) in [5, 5.41) is 10.5. The molecule has 2 aliphatic rings. The molecule has 3 heterocycles. The molecule has 0 bridgehead atoms. The van der Waals surface area contributed by atoms with E-state index in [1.165, 1.54) is 5.56 Å². The normalized spacial score (nSPS) is 17.1. The molecule has 1 amide bonds. The summed E-state index contributed by atoms with van der Waals surface area (Å²) in [4.78, 5) is 36.4. The highest BCUT2D eigenvalue weighted by Crippen LogP contribution is 2.43. The molecule has 0 unspecified atom stereocenters. The predicted molar refractivity (Wildman–Crippen MR) is 153 cm³/mol. The molecular weight excluding hydrogens is 506 g/mol. The number of ketones is 1. The molecule has 10 heteroatoms. The van der Waals surface area contributed by atoms with Crippen molar-refractivity contribution in [1.82, 2.24) is 30.4 Å². The van der Waals surface area contributed by atoms with Crippen molar-refractivity contribution in [3.05, 3.63) is 58.4 Å². The number of aromatic nitrogens is 4. The number of aromatic amines is 1. The number of carbonyl (C=O) groups is 2. The van der Waals surface area contributed by atoms with Gasteiger partial charge >= 0.3 is 6.09 Å². The maximum absolute atomic E-state index is 13.4. The number of piperidine rings is 1. The molecule has 40 heavy (non-hydrogen) atoms. The van der Waals surface area contributed by atoms with Crippen LogP contribution in [-0.4, -0.2) is 61.7 Å². The fraction of sp³-hybridized carbons (Fsp3) is 0.500. The van der Waals surface area contributed by atoms with Gasteiger partial charge in [0.1, 0.15) is 17.0 Å². The van der Waals surface area contributed by atoms with E-state index in [0.29, 0.717) is 23.5 Å². The minimum atomic E-state index is -0.494. The fourth-order valence-corrected chi connectivity index (χ4v) is 5.70. The summed E-state index contributed by atoms with van der Waals surface area (Å²) < 4.78 is 5.38. The van der Waals surface area contributed by atoms with Crippen LogP contribution in [0.15, 0.2) is 30.5 Å². The highest BCUT2D eigenvalue weighted by atomic mass is 16.6. The Balaban J connectivity index is 1.18. The van der Waals surface area contributed by atoms with Gasteiger partial charge in [0.15, 0.2) is 5.78 Å². The Kier molecular flexibility index (Phi) is 7.39. The van der Waals surface area contributed by atoms with Crippen molar-refractivity contribution in [3.63, 3.8) is 0 Å². The van der Waals surface area contributed by atoms with Crippen molar-refractivity contribution in [2.24, 2.45) is 0 Å². The number of nitrogens with two attached hydrogens (primary N) is 1. The zero-order chi connectivity index (χ0) is 28.7. The lowest BCUT2D eigenvalue weighted by molar-refractivity contribution is 0.0477. The average molecular weight is 546 g/mol. The third kappa shape index (κ3) is 6.17. The number of benzene rings is 1. The lowest BCUT2D eigenvalue weighted by atomic mass is 9.72. The molecular formula is C30H39N7O3. The number of alkyl carbamates (subject to hydrolysis) is 1. The molecule has 0 saturated carbocycles. The van der Waals surface area contributed by atoms with Gasteiger partial charge in [0.05, 0.1) is 5.69 Å². The molecule has 1 saturated heterocycles. The van der Waals surface area contributed by atoms with Gasteiger partial charge < -0.3 is 15.8 Å². The van der Waals surface area contributed by atoms with Gasteiger partial charge in [-0.2, -0.15) is 5.10 Å². The third-order valence-electron chi connectivity index (χ3n) is 7.56. The first kappa shape index (κ1) is 27.8. The van der Waals surface area contributed by atoms with Gasteiger partial charge in [0, 0.05) is 43.9 Å². The number of nitrogen functional groups attached to an aromatic ring is 1. The van der Waals surface area contributed by atoms with Gasteiger partial charge in [-0.25, -0.2) is 14.8 Å². The van der Waals surface area contributed by atoms with E-state index in [2.05, 4.69) is 56.4 Å². The Labute approximate surface area is 235 Å². The number of rotatable bonds is 6. The average Bonchev–Trinajstić information content (AvgIpc) is 3.33. The van der Waals surface area contributed by atoms with E-state index in [4.69, 9.17) is 10.5 Å². The number of carbonyl (C=O) groups excluding carboxylic acids is 2. The second-order valence-corrected chi connectivity index (χ2v) is 12.6. The molecule has 1 fully saturated rings. The number of H-pyrrole nitrogens is 1. The van der Waals surface area contributed by atoms with Gasteiger partial charge in [-0.05, 0) is 62.1 Å². The van der Waals surface area contributed by atoms with Crippen molar-refractivity contribution in [1.29, 1.82) is 0 Å². The van der Waals surface area contributed by atoms with Crippen LogP contribution >= 0.6 is 0 Å². The van der Waals surface area contributed by atoms with Crippen molar-refractivity contribution < 1.29 is 14.3 Å². The largest absolute Gasteiger partial charge is 0.444 e. The number of fused-ring (bicyclic) bond motifs is 3. The quantitative estimate of drug-likeness (QED) is 0.392. The van der Waals surface area contributed by atoms with Crippen LogP contribution in [0.25, 0.3) is 11.4 Å². The number of hydrogen-bond donors (Lipinski definition) is 3. The lowest BCUT2D eigenvalue weighted by Gasteiger charge is -2.32. The van der Waals surface area contributed by atoms with Gasteiger partial charge in [-0.1, -0.05) is 38.1 Å². The standard InChI is InChI=1S/C30H39N7O3/c1-29(2,3)40-28(39)33-21-10-12-37(13-11-21)17-19-8-6-18(7-9-19)14-22(38)25-23-26(36-35-25)24-20(15-30(23,4)5)16-32-27(31)34-24/h6-9,16,21H,10-15,17H2,1-5H3,(H,33,39)(H,35,36)(H2,31,32,34). The van der Waals surface area contributed by atoms with Crippen molar-refractivity contribution >= 4 is 17.8 Å². The van der Waals surface area contributed by atoms with E-state index in [1.54, 1.807) is 6.20 Å². The summed E-state index contributed by atoms with van der Waals surface area (Å²) >= 11 is 0. The Morgan fingerprint density at radius 3 is 2.48 bits per heavy atom. The molecule has 2 aromatic heterocycles. The van der Waals surface area contributed by atoms with E-state index >= 15 is 0 Å². The Morgan fingerprint density at radius 1 is 1.12 bits per heavy atom. The van der Waals surface area contributed by atoms with E-state index in [0.717, 1.165) is 49.2 Å². The predicted octanol–water partition coefficient (Wildman–Crippen LogP) is 4.20. The molecule has 212 valence electrons. The lowest BCUT2D eigenvalue weighted by Crippen LogP contribution is -2.45. The molecule has 1 aromatic carbocycles. The van der Waals surface area contributed by atoms with E-state index in [9.17, 15) is 9.59 Å². The van der Waals surface area contributed by atoms with Crippen LogP contribution in [0.2, 0.25) is 0 Å². The van der Waals surface area contributed by atoms with Crippen LogP contribution in [-0.2, 0) is 29.5 Å². The number of nitrogens with one attached hydrogen (secondary N) is 2. The number of likely N-dealkylation sites (tertiary alicyclic amines) is 1. The van der Waals surface area contributed by atoms with Crippen LogP contribution in [0.1, 0.15) is 80.2 Å². The Morgan fingerprint density at radius 2 is 1.80 bits per heavy atom. The molecule has 0 atom stereocenters. The van der Waals surface area contributed by atoms with Crippen molar-refractivity contribution in [2.75, 3.05) is 18.8 Å². The maximum Gasteiger partial charge on any atom is 0.407 e. The molecule has 0 radical (unpaired) electrons. The summed E-state index contributed by atoms with van der Waals surface area (Å²) in [6.07, 6.45) is 4.17. The molecule has 3 aromatic rings. The number of hydrogen-bond acceptors (Lipinski definition) is 8. The highest BCUT2D eigenvalue weighted by Gasteiger charge is 2.38. The first-order valence-corrected chi connectivity index (χ1v) is 13.9. The van der Waals surface area contributed by atoms with E-state index < -0.39 is 5.60 Å². The minimum absolute atomic E-state index is 0.000359. The summed E-state index contributed by atoms with van der Waals surface area (Å²) in [5.41, 5.74) is 11.0. The fourth-order valence-electron chi connectivity index (χ4n) is 5.70. The van der Waals surface area contributed by atoms with E-state index in [1.807, 2.05) is 32.9 Å². The SMILES string of the molecule is CC(C)(C)OC(=O)NC1CCN(Cc2ccc(CC(=O)c3[nH]nc4c3C(C)(C)Cc3cnc(N)nc3-4)cc2)CC1. The summed E-state index contributed by atoms with van der Waals surface area (Å²) in [7, 11) is 0. The first-order valence-electron chi connectivity index (χ1n) is 13.9. The number of Topliss-reactive ketones (excluding diaryl/α,β-unsaturated/α-hetero) is 1. The number of amides is 1. The maximum atomic E-state index is 13.4. The summed E-state index contributed by atoms with van der Waals surface area (Å²) in [6.45, 7) is 12.5. The zero-order valence-electron chi connectivity index (χ0n) is 24.0. The minimum Gasteiger partial charge on any atom is -0.444 e. The second-order valence-electron chi connectivity index (χ2n) is 12.6. The smallest absolute Gasteiger partial charge is 0.407 e. The summed E-state index contributed by atoms with van der Waals surface area (Å²) in [5.74, 6) is 0.196. The Bertz CT molecular complexity index is 1400. The van der Waals surface area contributed by atoms with Crippen molar-refractivity contribution in [2.45, 2.75) is 83.9 Å². The van der Waals surface area contributed by atoms with Gasteiger partial charge in [-0.3, -0.25) is 14.8 Å². The zero-order valence-corrected chi connectivity index (χ0v) is 24.0. The third-order valence-corrected chi connectivity index (χ3v) is 7.56. The Hall–Kier alpha value is -3.79. The molecule has 5 rings (SSSR count). The number of anilines is 1. The van der Waals surface area contributed by atoms with Crippen LogP contribution in [0.3, 0.4) is 0 Å². The topological polar surface area (TPSA) is 139 Å².